The van der Waals surface area contributed by atoms with Crippen LogP contribution in [0.5, 0.6) is 0 Å². The average molecular weight is 188 g/mol. The summed E-state index contributed by atoms with van der Waals surface area (Å²) in [5, 5.41) is 1.98. The molecule has 0 aromatic carbocycles. The van der Waals surface area contributed by atoms with Crippen LogP contribution >= 0.6 is 11.3 Å². The minimum absolute atomic E-state index is 0.556. The highest BCUT2D eigenvalue weighted by molar-refractivity contribution is 7.07. The molecule has 0 unspecified atom stereocenters. The van der Waals surface area contributed by atoms with Crippen LogP contribution in [0.1, 0.15) is 5.69 Å². The van der Waals surface area contributed by atoms with Gasteiger partial charge in [-0.25, -0.2) is 4.98 Å². The molecule has 0 saturated heterocycles. The lowest BCUT2D eigenvalue weighted by atomic mass is 10.5. The van der Waals surface area contributed by atoms with E-state index in [2.05, 4.69) is 10.5 Å². The third-order valence-corrected chi connectivity index (χ3v) is 1.86. The maximum Gasteiger partial charge on any atom is 0.0916 e. The maximum atomic E-state index is 5.04. The van der Waals surface area contributed by atoms with E-state index in [0.717, 1.165) is 5.69 Å². The molecule has 0 bridgehead atoms. The van der Waals surface area contributed by atoms with E-state index < -0.39 is 0 Å². The van der Waals surface area contributed by atoms with E-state index in [0.29, 0.717) is 19.8 Å². The fourth-order valence-corrected chi connectivity index (χ4v) is 1.21. The predicted octanol–water partition coefficient (Wildman–Crippen LogP) is 0.811. The fourth-order valence-electron chi connectivity index (χ4n) is 0.647. The first-order chi connectivity index (χ1) is 5.93. The Morgan fingerprint density at radius 1 is 1.58 bits per heavy atom. The summed E-state index contributed by atoms with van der Waals surface area (Å²) in [6, 6.07) is 0. The minimum Gasteiger partial charge on any atom is -0.382 e. The van der Waals surface area contributed by atoms with E-state index in [1.165, 1.54) is 0 Å². The van der Waals surface area contributed by atoms with E-state index in [4.69, 9.17) is 9.57 Å². The number of nitrogens with zero attached hydrogens (tertiary/aromatic N) is 1. The smallest absolute Gasteiger partial charge is 0.0916 e. The van der Waals surface area contributed by atoms with Crippen molar-refractivity contribution in [2.24, 2.45) is 0 Å². The lowest BCUT2D eigenvalue weighted by Gasteiger charge is -2.02. The van der Waals surface area contributed by atoms with Crippen molar-refractivity contribution in [3.63, 3.8) is 0 Å². The van der Waals surface area contributed by atoms with Gasteiger partial charge in [0.1, 0.15) is 0 Å². The van der Waals surface area contributed by atoms with E-state index in [1.807, 2.05) is 5.38 Å². The number of hydrogen-bond acceptors (Lipinski definition) is 5. The van der Waals surface area contributed by atoms with Crippen molar-refractivity contribution in [1.82, 2.24) is 10.5 Å². The summed E-state index contributed by atoms with van der Waals surface area (Å²) >= 11 is 1.58. The van der Waals surface area contributed by atoms with Crippen LogP contribution in [-0.2, 0) is 16.1 Å². The van der Waals surface area contributed by atoms with Gasteiger partial charge in [-0.2, -0.15) is 5.48 Å². The summed E-state index contributed by atoms with van der Waals surface area (Å²) in [7, 11) is 1.64. The van der Waals surface area contributed by atoms with Gasteiger partial charge in [0.2, 0.25) is 0 Å². The molecule has 0 amide bonds. The van der Waals surface area contributed by atoms with Crippen LogP contribution in [-0.4, -0.2) is 25.3 Å². The van der Waals surface area contributed by atoms with Crippen molar-refractivity contribution in [2.75, 3.05) is 20.3 Å². The normalized spacial score (nSPS) is 10.4. The van der Waals surface area contributed by atoms with Crippen molar-refractivity contribution in [2.45, 2.75) is 6.54 Å². The average Bonchev–Trinajstić information content (AvgIpc) is 2.57. The molecular formula is C7H12N2O2S. The molecule has 1 N–H and O–H groups in total. The number of rotatable bonds is 6. The van der Waals surface area contributed by atoms with Gasteiger partial charge in [-0.05, 0) is 0 Å². The van der Waals surface area contributed by atoms with Crippen molar-refractivity contribution in [1.29, 1.82) is 0 Å². The summed E-state index contributed by atoms with van der Waals surface area (Å²) in [4.78, 5) is 9.12. The van der Waals surface area contributed by atoms with E-state index >= 15 is 0 Å². The molecule has 1 aromatic rings. The van der Waals surface area contributed by atoms with Gasteiger partial charge in [0, 0.05) is 12.5 Å². The van der Waals surface area contributed by atoms with Crippen molar-refractivity contribution < 1.29 is 9.57 Å². The molecule has 12 heavy (non-hydrogen) atoms. The Kier molecular flexibility index (Phi) is 4.86. The Balaban J connectivity index is 1.96. The van der Waals surface area contributed by atoms with Crippen LogP contribution in [0.3, 0.4) is 0 Å². The standard InChI is InChI=1S/C7H12N2O2S/c1-10-2-3-11-9-4-7-5-12-6-8-7/h5-6,9H,2-4H2,1H3. The summed E-state index contributed by atoms with van der Waals surface area (Å²) in [5.41, 5.74) is 5.58. The zero-order valence-electron chi connectivity index (χ0n) is 6.95. The van der Waals surface area contributed by atoms with Crippen LogP contribution in [0.2, 0.25) is 0 Å². The van der Waals surface area contributed by atoms with E-state index in [-0.39, 0.29) is 0 Å². The molecule has 0 aliphatic heterocycles. The molecule has 0 spiro atoms. The molecule has 0 fully saturated rings. The van der Waals surface area contributed by atoms with Crippen molar-refractivity contribution in [3.05, 3.63) is 16.6 Å². The van der Waals surface area contributed by atoms with Gasteiger partial charge in [0.05, 0.1) is 31.0 Å². The lowest BCUT2D eigenvalue weighted by Crippen LogP contribution is -2.17. The summed E-state index contributed by atoms with van der Waals surface area (Å²) in [6.45, 7) is 1.80. The minimum atomic E-state index is 0.556. The molecule has 0 atom stereocenters. The highest BCUT2D eigenvalue weighted by Crippen LogP contribution is 1.99. The lowest BCUT2D eigenvalue weighted by molar-refractivity contribution is 0.00305. The van der Waals surface area contributed by atoms with E-state index in [1.54, 1.807) is 24.0 Å². The number of thiazole rings is 1. The van der Waals surface area contributed by atoms with Crippen LogP contribution in [0.4, 0.5) is 0 Å². The number of hydrogen-bond donors (Lipinski definition) is 1. The molecule has 0 aliphatic rings. The molecule has 1 heterocycles. The third-order valence-electron chi connectivity index (χ3n) is 1.23. The molecule has 0 saturated carbocycles. The molecule has 1 aromatic heterocycles. The number of aromatic nitrogens is 1. The molecule has 68 valence electrons. The van der Waals surface area contributed by atoms with E-state index in [9.17, 15) is 0 Å². The third kappa shape index (κ3) is 3.77. The van der Waals surface area contributed by atoms with Gasteiger partial charge >= 0.3 is 0 Å². The Labute approximate surface area is 75.5 Å². The zero-order chi connectivity index (χ0) is 8.65. The van der Waals surface area contributed by atoms with Crippen LogP contribution in [0.15, 0.2) is 10.9 Å². The van der Waals surface area contributed by atoms with Crippen molar-refractivity contribution in [3.8, 4) is 0 Å². The second kappa shape index (κ2) is 6.07. The summed E-state index contributed by atoms with van der Waals surface area (Å²) < 4.78 is 4.80. The number of hydroxylamine groups is 1. The monoisotopic (exact) mass is 188 g/mol. The number of methoxy groups -OCH3 is 1. The first-order valence-corrected chi connectivity index (χ1v) is 4.58. The fraction of sp³-hybridized carbons (Fsp3) is 0.571. The quantitative estimate of drug-likeness (QED) is 0.530. The van der Waals surface area contributed by atoms with Gasteiger partial charge in [-0.1, -0.05) is 0 Å². The summed E-state index contributed by atoms with van der Waals surface area (Å²) in [6.07, 6.45) is 0. The molecular weight excluding hydrogens is 176 g/mol. The first-order valence-electron chi connectivity index (χ1n) is 3.64. The molecule has 4 nitrogen and oxygen atoms in total. The van der Waals surface area contributed by atoms with Gasteiger partial charge in [0.15, 0.2) is 0 Å². The molecule has 0 radical (unpaired) electrons. The highest BCUT2D eigenvalue weighted by atomic mass is 32.1. The maximum absolute atomic E-state index is 5.04. The number of ether oxygens (including phenoxy) is 1. The van der Waals surface area contributed by atoms with Gasteiger partial charge in [-0.3, -0.25) is 4.84 Å². The van der Waals surface area contributed by atoms with Gasteiger partial charge in [0.25, 0.3) is 0 Å². The number of nitrogens with one attached hydrogen (secondary N) is 1. The SMILES string of the molecule is COCCONCc1cscn1. The topological polar surface area (TPSA) is 43.4 Å². The Morgan fingerprint density at radius 3 is 3.17 bits per heavy atom. The Morgan fingerprint density at radius 2 is 2.50 bits per heavy atom. The second-order valence-electron chi connectivity index (χ2n) is 2.14. The highest BCUT2D eigenvalue weighted by Gasteiger charge is 1.92. The second-order valence-corrected chi connectivity index (χ2v) is 2.86. The van der Waals surface area contributed by atoms with Crippen molar-refractivity contribution >= 4 is 11.3 Å². The van der Waals surface area contributed by atoms with Gasteiger partial charge in [-0.15, -0.1) is 11.3 Å². The summed E-state index contributed by atoms with van der Waals surface area (Å²) in [5.74, 6) is 0. The zero-order valence-corrected chi connectivity index (χ0v) is 7.76. The Bertz CT molecular complexity index is 191. The van der Waals surface area contributed by atoms with Crippen LogP contribution in [0.25, 0.3) is 0 Å². The molecule has 5 heteroatoms. The predicted molar refractivity (Wildman–Crippen MR) is 46.8 cm³/mol. The van der Waals surface area contributed by atoms with Gasteiger partial charge < -0.3 is 4.74 Å². The largest absolute Gasteiger partial charge is 0.382 e. The Hall–Kier alpha value is -0.490. The molecule has 0 aliphatic carbocycles. The van der Waals surface area contributed by atoms with Crippen LogP contribution < -0.4 is 5.48 Å². The van der Waals surface area contributed by atoms with Crippen LogP contribution in [0, 0.1) is 0 Å². The first kappa shape index (κ1) is 9.60. The molecule has 1 rings (SSSR count).